The van der Waals surface area contributed by atoms with Crippen molar-refractivity contribution in [3.8, 4) is 0 Å². The third kappa shape index (κ3) is 2.48. The average Bonchev–Trinajstić information content (AvgIpc) is 2.31. The predicted molar refractivity (Wildman–Crippen MR) is 59.2 cm³/mol. The molecule has 1 aliphatic rings. The Morgan fingerprint density at radius 2 is 2.12 bits per heavy atom. The molecule has 16 heavy (non-hydrogen) atoms. The van der Waals surface area contributed by atoms with Crippen LogP contribution in [0.5, 0.6) is 0 Å². The van der Waals surface area contributed by atoms with E-state index in [1.807, 2.05) is 0 Å². The number of aromatic amines is 1. The summed E-state index contributed by atoms with van der Waals surface area (Å²) in [5.41, 5.74) is -0.295. The van der Waals surface area contributed by atoms with Gasteiger partial charge in [0.15, 0.2) is 0 Å². The molecule has 2 N–H and O–H groups in total. The summed E-state index contributed by atoms with van der Waals surface area (Å²) in [6, 6.07) is 0.209. The first-order valence-electron chi connectivity index (χ1n) is 5.61. The molecule has 0 atom stereocenters. The second-order valence-electron chi connectivity index (χ2n) is 4.10. The standard InChI is InChI=1S/C11H15N3O2/c15-10-9(6-12-7-13-10)11(16)14-8-4-2-1-3-5-8/h6-8H,1-5H2,(H,14,16)(H,12,13,15). The first kappa shape index (κ1) is 10.9. The van der Waals surface area contributed by atoms with E-state index < -0.39 is 0 Å². The van der Waals surface area contributed by atoms with Crippen molar-refractivity contribution in [3.05, 3.63) is 28.4 Å². The Morgan fingerprint density at radius 1 is 1.38 bits per heavy atom. The number of hydrogen-bond acceptors (Lipinski definition) is 3. The number of aromatic nitrogens is 2. The predicted octanol–water partition coefficient (Wildman–Crippen LogP) is 0.832. The monoisotopic (exact) mass is 221 g/mol. The molecule has 5 heteroatoms. The molecule has 0 bridgehead atoms. The van der Waals surface area contributed by atoms with Crippen LogP contribution in [0.15, 0.2) is 17.3 Å². The minimum Gasteiger partial charge on any atom is -0.349 e. The van der Waals surface area contributed by atoms with E-state index in [0.717, 1.165) is 25.7 Å². The molecule has 0 aliphatic heterocycles. The largest absolute Gasteiger partial charge is 0.349 e. The summed E-state index contributed by atoms with van der Waals surface area (Å²) in [5.74, 6) is -0.318. The lowest BCUT2D eigenvalue weighted by atomic mass is 9.95. The Hall–Kier alpha value is -1.65. The summed E-state index contributed by atoms with van der Waals surface area (Å²) in [4.78, 5) is 29.2. The van der Waals surface area contributed by atoms with Crippen molar-refractivity contribution < 1.29 is 4.79 Å². The van der Waals surface area contributed by atoms with Gasteiger partial charge in [-0.25, -0.2) is 4.98 Å². The second-order valence-corrected chi connectivity index (χ2v) is 4.10. The Kier molecular flexibility index (Phi) is 3.34. The molecule has 0 radical (unpaired) electrons. The van der Waals surface area contributed by atoms with E-state index >= 15 is 0 Å². The van der Waals surface area contributed by atoms with Crippen LogP contribution < -0.4 is 10.9 Å². The van der Waals surface area contributed by atoms with Crippen molar-refractivity contribution >= 4 is 5.91 Å². The van der Waals surface area contributed by atoms with Gasteiger partial charge in [0.1, 0.15) is 5.56 Å². The van der Waals surface area contributed by atoms with E-state index in [0.29, 0.717) is 0 Å². The first-order chi connectivity index (χ1) is 7.77. The van der Waals surface area contributed by atoms with Gasteiger partial charge in [-0.15, -0.1) is 0 Å². The van der Waals surface area contributed by atoms with E-state index in [9.17, 15) is 9.59 Å². The summed E-state index contributed by atoms with van der Waals surface area (Å²) < 4.78 is 0. The Morgan fingerprint density at radius 3 is 2.81 bits per heavy atom. The van der Waals surface area contributed by atoms with E-state index in [1.165, 1.54) is 18.9 Å². The van der Waals surface area contributed by atoms with E-state index in [4.69, 9.17) is 0 Å². The zero-order valence-corrected chi connectivity index (χ0v) is 9.03. The van der Waals surface area contributed by atoms with E-state index in [-0.39, 0.29) is 23.1 Å². The van der Waals surface area contributed by atoms with Crippen molar-refractivity contribution in [3.63, 3.8) is 0 Å². The highest BCUT2D eigenvalue weighted by Gasteiger charge is 2.18. The van der Waals surface area contributed by atoms with Crippen LogP contribution in [0.4, 0.5) is 0 Å². The SMILES string of the molecule is O=C(NC1CCCCC1)c1cnc[nH]c1=O. The molecule has 1 amide bonds. The minimum absolute atomic E-state index is 0.0908. The lowest BCUT2D eigenvalue weighted by Gasteiger charge is -2.22. The van der Waals surface area contributed by atoms with Crippen molar-refractivity contribution in [1.29, 1.82) is 0 Å². The molecule has 1 saturated carbocycles. The third-order valence-electron chi connectivity index (χ3n) is 2.90. The molecule has 1 aromatic rings. The van der Waals surface area contributed by atoms with Gasteiger partial charge in [0.2, 0.25) is 0 Å². The van der Waals surface area contributed by atoms with Gasteiger partial charge in [-0.1, -0.05) is 19.3 Å². The first-order valence-corrected chi connectivity index (χ1v) is 5.61. The van der Waals surface area contributed by atoms with Gasteiger partial charge in [-0.3, -0.25) is 9.59 Å². The fourth-order valence-corrected chi connectivity index (χ4v) is 2.02. The van der Waals surface area contributed by atoms with Crippen molar-refractivity contribution in [2.75, 3.05) is 0 Å². The summed E-state index contributed by atoms with van der Waals surface area (Å²) >= 11 is 0. The highest BCUT2D eigenvalue weighted by atomic mass is 16.2. The fraction of sp³-hybridized carbons (Fsp3) is 0.545. The molecule has 0 aromatic carbocycles. The molecule has 1 fully saturated rings. The Labute approximate surface area is 93.3 Å². The van der Waals surface area contributed by atoms with Gasteiger partial charge in [-0.2, -0.15) is 0 Å². The lowest BCUT2D eigenvalue weighted by molar-refractivity contribution is 0.0925. The van der Waals surface area contributed by atoms with Crippen LogP contribution in [0.1, 0.15) is 42.5 Å². The molecule has 1 aliphatic carbocycles. The average molecular weight is 221 g/mol. The number of carbonyl (C=O) groups excluding carboxylic acids is 1. The van der Waals surface area contributed by atoms with Crippen LogP contribution in [0, 0.1) is 0 Å². The van der Waals surface area contributed by atoms with Crippen molar-refractivity contribution in [2.45, 2.75) is 38.1 Å². The molecule has 0 unspecified atom stereocenters. The highest BCUT2D eigenvalue weighted by molar-refractivity contribution is 5.93. The zero-order valence-electron chi connectivity index (χ0n) is 9.03. The summed E-state index contributed by atoms with van der Waals surface area (Å²) in [6.45, 7) is 0. The van der Waals surface area contributed by atoms with Gasteiger partial charge in [-0.05, 0) is 12.8 Å². The van der Waals surface area contributed by atoms with Crippen LogP contribution >= 0.6 is 0 Å². The number of nitrogens with zero attached hydrogens (tertiary/aromatic N) is 1. The van der Waals surface area contributed by atoms with Gasteiger partial charge in [0.05, 0.1) is 6.33 Å². The number of carbonyl (C=O) groups is 1. The molecular formula is C11H15N3O2. The Bertz CT molecular complexity index is 421. The summed E-state index contributed by atoms with van der Waals surface area (Å²) in [7, 11) is 0. The number of rotatable bonds is 2. The van der Waals surface area contributed by atoms with Crippen LogP contribution in [0.3, 0.4) is 0 Å². The van der Waals surface area contributed by atoms with Crippen molar-refractivity contribution in [2.24, 2.45) is 0 Å². The van der Waals surface area contributed by atoms with Crippen LogP contribution in [-0.4, -0.2) is 21.9 Å². The molecule has 86 valence electrons. The Balaban J connectivity index is 2.02. The molecule has 5 nitrogen and oxygen atoms in total. The van der Waals surface area contributed by atoms with Gasteiger partial charge in [0, 0.05) is 12.2 Å². The lowest BCUT2D eigenvalue weighted by Crippen LogP contribution is -2.38. The normalized spacial score (nSPS) is 17.0. The molecular weight excluding hydrogens is 206 g/mol. The van der Waals surface area contributed by atoms with Crippen LogP contribution in [0.2, 0.25) is 0 Å². The van der Waals surface area contributed by atoms with Crippen LogP contribution in [-0.2, 0) is 0 Å². The molecule has 0 saturated heterocycles. The third-order valence-corrected chi connectivity index (χ3v) is 2.90. The molecule has 0 spiro atoms. The number of nitrogens with one attached hydrogen (secondary N) is 2. The maximum atomic E-state index is 11.8. The maximum Gasteiger partial charge on any atom is 0.263 e. The molecule has 2 rings (SSSR count). The molecule has 1 heterocycles. The van der Waals surface area contributed by atoms with Crippen LogP contribution in [0.25, 0.3) is 0 Å². The fourth-order valence-electron chi connectivity index (χ4n) is 2.02. The molecule has 1 aromatic heterocycles. The number of H-pyrrole nitrogens is 1. The second kappa shape index (κ2) is 4.92. The van der Waals surface area contributed by atoms with Gasteiger partial charge in [0.25, 0.3) is 11.5 Å². The van der Waals surface area contributed by atoms with Gasteiger partial charge < -0.3 is 10.3 Å². The maximum absolute atomic E-state index is 11.8. The number of hydrogen-bond donors (Lipinski definition) is 2. The van der Waals surface area contributed by atoms with E-state index in [2.05, 4.69) is 15.3 Å². The summed E-state index contributed by atoms with van der Waals surface area (Å²) in [6.07, 6.45) is 8.12. The van der Waals surface area contributed by atoms with E-state index in [1.54, 1.807) is 0 Å². The minimum atomic E-state index is -0.386. The smallest absolute Gasteiger partial charge is 0.263 e. The highest BCUT2D eigenvalue weighted by Crippen LogP contribution is 2.17. The summed E-state index contributed by atoms with van der Waals surface area (Å²) in [5, 5.41) is 2.88. The van der Waals surface area contributed by atoms with Gasteiger partial charge >= 0.3 is 0 Å². The topological polar surface area (TPSA) is 74.8 Å². The quantitative estimate of drug-likeness (QED) is 0.776. The van der Waals surface area contributed by atoms with Crippen molar-refractivity contribution in [1.82, 2.24) is 15.3 Å². The zero-order chi connectivity index (χ0) is 11.4. The number of amides is 1.